The summed E-state index contributed by atoms with van der Waals surface area (Å²) >= 11 is 0. The van der Waals surface area contributed by atoms with Gasteiger partial charge in [0.05, 0.1) is 0 Å². The van der Waals surface area contributed by atoms with E-state index in [-0.39, 0.29) is 24.0 Å². The van der Waals surface area contributed by atoms with Crippen molar-refractivity contribution in [3.05, 3.63) is 35.9 Å². The van der Waals surface area contributed by atoms with E-state index >= 15 is 0 Å². The molecule has 1 heterocycles. The molecular weight excluding hydrogens is 423 g/mol. The molecule has 1 aromatic rings. The van der Waals surface area contributed by atoms with Crippen LogP contribution in [0.2, 0.25) is 0 Å². The number of rotatable bonds is 6. The molecule has 1 N–H and O–H groups in total. The Morgan fingerprint density at radius 1 is 1.32 bits per heavy atom. The topological polar surface area (TPSA) is 30.9 Å². The van der Waals surface area contributed by atoms with Gasteiger partial charge in [0.1, 0.15) is 0 Å². The van der Waals surface area contributed by atoms with Crippen molar-refractivity contribution < 1.29 is 0 Å². The number of halogens is 1. The molecule has 1 unspecified atom stereocenters. The first kappa shape index (κ1) is 22.2. The Morgan fingerprint density at radius 3 is 2.68 bits per heavy atom. The van der Waals surface area contributed by atoms with Crippen molar-refractivity contribution in [2.75, 3.05) is 33.2 Å². The molecule has 1 aromatic carbocycles. The average molecular weight is 458 g/mol. The highest BCUT2D eigenvalue weighted by Crippen LogP contribution is 2.18. The van der Waals surface area contributed by atoms with Gasteiger partial charge in [0.2, 0.25) is 0 Å². The molecule has 0 aromatic heterocycles. The molecule has 0 bridgehead atoms. The van der Waals surface area contributed by atoms with Crippen LogP contribution in [0.4, 0.5) is 0 Å². The molecule has 1 aliphatic rings. The van der Waals surface area contributed by atoms with Crippen molar-refractivity contribution in [3.8, 4) is 0 Å². The van der Waals surface area contributed by atoms with Crippen LogP contribution in [0.3, 0.4) is 0 Å². The van der Waals surface area contributed by atoms with E-state index in [1.807, 2.05) is 0 Å². The predicted octanol–water partition coefficient (Wildman–Crippen LogP) is 3.82. The van der Waals surface area contributed by atoms with Gasteiger partial charge >= 0.3 is 0 Å². The molecule has 0 radical (unpaired) electrons. The van der Waals surface area contributed by atoms with Crippen LogP contribution in [0, 0.1) is 5.92 Å². The third-order valence-corrected chi connectivity index (χ3v) is 4.74. The maximum absolute atomic E-state index is 4.93. The maximum atomic E-state index is 4.93. The van der Waals surface area contributed by atoms with Gasteiger partial charge in [-0.3, -0.25) is 4.99 Å². The number of likely N-dealkylation sites (tertiary alicyclic amines) is 1. The zero-order valence-corrected chi connectivity index (χ0v) is 18.6. The van der Waals surface area contributed by atoms with Crippen LogP contribution in [0.25, 0.3) is 0 Å². The zero-order valence-electron chi connectivity index (χ0n) is 16.2. The Hall–Kier alpha value is -0.820. The molecule has 142 valence electrons. The van der Waals surface area contributed by atoms with Gasteiger partial charge in [-0.05, 0) is 51.6 Å². The molecule has 0 aliphatic carbocycles. The van der Waals surface area contributed by atoms with E-state index in [1.54, 1.807) is 0 Å². The molecule has 0 saturated carbocycles. The van der Waals surface area contributed by atoms with E-state index in [4.69, 9.17) is 4.99 Å². The van der Waals surface area contributed by atoms with Gasteiger partial charge in [0.25, 0.3) is 0 Å². The minimum Gasteiger partial charge on any atom is -0.357 e. The van der Waals surface area contributed by atoms with E-state index in [2.05, 4.69) is 73.3 Å². The predicted molar refractivity (Wildman–Crippen MR) is 119 cm³/mol. The van der Waals surface area contributed by atoms with E-state index in [9.17, 15) is 0 Å². The second-order valence-electron chi connectivity index (χ2n) is 7.13. The van der Waals surface area contributed by atoms with Crippen LogP contribution in [-0.2, 0) is 6.54 Å². The van der Waals surface area contributed by atoms with Crippen molar-refractivity contribution in [3.63, 3.8) is 0 Å². The van der Waals surface area contributed by atoms with E-state index in [1.165, 1.54) is 31.5 Å². The highest BCUT2D eigenvalue weighted by Gasteiger charge is 2.21. The lowest BCUT2D eigenvalue weighted by molar-refractivity contribution is 0.143. The summed E-state index contributed by atoms with van der Waals surface area (Å²) in [5, 5.41) is 3.44. The largest absolute Gasteiger partial charge is 0.357 e. The average Bonchev–Trinajstić information content (AvgIpc) is 2.59. The molecular formula is C20H35IN4. The fourth-order valence-corrected chi connectivity index (χ4v) is 3.33. The summed E-state index contributed by atoms with van der Waals surface area (Å²) in [6.07, 6.45) is 2.60. The normalized spacial score (nSPS) is 18.8. The first-order chi connectivity index (χ1) is 11.6. The van der Waals surface area contributed by atoms with Crippen molar-refractivity contribution in [2.24, 2.45) is 10.9 Å². The third-order valence-electron chi connectivity index (χ3n) is 4.74. The smallest absolute Gasteiger partial charge is 0.193 e. The number of hydrogen-bond donors (Lipinski definition) is 1. The Labute approximate surface area is 171 Å². The summed E-state index contributed by atoms with van der Waals surface area (Å²) in [6.45, 7) is 11.9. The highest BCUT2D eigenvalue weighted by atomic mass is 127. The van der Waals surface area contributed by atoms with Crippen LogP contribution in [0.1, 0.15) is 39.2 Å². The molecule has 0 spiro atoms. The van der Waals surface area contributed by atoms with Gasteiger partial charge in [-0.2, -0.15) is 0 Å². The fourth-order valence-electron chi connectivity index (χ4n) is 3.33. The summed E-state index contributed by atoms with van der Waals surface area (Å²) < 4.78 is 0. The molecule has 0 amide bonds. The lowest BCUT2D eigenvalue weighted by atomic mass is 9.97. The number of benzene rings is 1. The first-order valence-electron chi connectivity index (χ1n) is 9.37. The van der Waals surface area contributed by atoms with Crippen LogP contribution >= 0.6 is 24.0 Å². The molecule has 5 heteroatoms. The Kier molecular flexibility index (Phi) is 10.4. The number of piperidine rings is 1. The van der Waals surface area contributed by atoms with Gasteiger partial charge in [-0.1, -0.05) is 30.3 Å². The number of nitrogens with one attached hydrogen (secondary N) is 1. The molecule has 1 atom stereocenters. The summed E-state index contributed by atoms with van der Waals surface area (Å²) in [5.41, 5.74) is 1.31. The monoisotopic (exact) mass is 458 g/mol. The molecule has 4 nitrogen and oxygen atoms in total. The molecule has 1 saturated heterocycles. The number of guanidine groups is 1. The van der Waals surface area contributed by atoms with Gasteiger partial charge in [-0.15, -0.1) is 24.0 Å². The lowest BCUT2D eigenvalue weighted by Gasteiger charge is -2.35. The lowest BCUT2D eigenvalue weighted by Crippen LogP contribution is -2.42. The quantitative estimate of drug-likeness (QED) is 0.400. The highest BCUT2D eigenvalue weighted by molar-refractivity contribution is 14.0. The second-order valence-corrected chi connectivity index (χ2v) is 7.13. The van der Waals surface area contributed by atoms with Crippen LogP contribution in [-0.4, -0.2) is 55.0 Å². The number of aliphatic imine (C=N–C) groups is 1. The fraction of sp³-hybridized carbons (Fsp3) is 0.650. The molecule has 25 heavy (non-hydrogen) atoms. The standard InChI is InChI=1S/C20H34N4.HI/c1-5-21-20(23(4)15-18-10-7-6-8-11-18)22-14-19-12-9-13-24(16-19)17(2)3;/h6-8,10-11,17,19H,5,9,12-16H2,1-4H3,(H,21,22);1H. The third kappa shape index (κ3) is 7.52. The van der Waals surface area contributed by atoms with Crippen LogP contribution < -0.4 is 5.32 Å². The Bertz CT molecular complexity index is 504. The van der Waals surface area contributed by atoms with Crippen molar-refractivity contribution in [2.45, 2.75) is 46.2 Å². The van der Waals surface area contributed by atoms with Gasteiger partial charge < -0.3 is 15.1 Å². The molecule has 1 aliphatic heterocycles. The van der Waals surface area contributed by atoms with E-state index in [0.29, 0.717) is 12.0 Å². The Balaban J connectivity index is 0.00000312. The van der Waals surface area contributed by atoms with E-state index < -0.39 is 0 Å². The molecule has 1 fully saturated rings. The number of nitrogens with zero attached hydrogens (tertiary/aromatic N) is 3. The van der Waals surface area contributed by atoms with Crippen molar-refractivity contribution in [1.29, 1.82) is 0 Å². The van der Waals surface area contributed by atoms with Crippen LogP contribution in [0.15, 0.2) is 35.3 Å². The molecule has 2 rings (SSSR count). The second kappa shape index (κ2) is 11.7. The SMILES string of the molecule is CCNC(=NCC1CCCN(C(C)C)C1)N(C)Cc1ccccc1.I. The summed E-state index contributed by atoms with van der Waals surface area (Å²) in [6, 6.07) is 11.2. The summed E-state index contributed by atoms with van der Waals surface area (Å²) in [7, 11) is 2.12. The summed E-state index contributed by atoms with van der Waals surface area (Å²) in [5.74, 6) is 1.70. The minimum absolute atomic E-state index is 0. The van der Waals surface area contributed by atoms with E-state index in [0.717, 1.165) is 25.6 Å². The van der Waals surface area contributed by atoms with Crippen LogP contribution in [0.5, 0.6) is 0 Å². The van der Waals surface area contributed by atoms with Crippen molar-refractivity contribution >= 4 is 29.9 Å². The summed E-state index contributed by atoms with van der Waals surface area (Å²) in [4.78, 5) is 9.74. The maximum Gasteiger partial charge on any atom is 0.193 e. The number of hydrogen-bond acceptors (Lipinski definition) is 2. The Morgan fingerprint density at radius 2 is 2.04 bits per heavy atom. The zero-order chi connectivity index (χ0) is 17.4. The van der Waals surface area contributed by atoms with Gasteiger partial charge in [0, 0.05) is 39.3 Å². The first-order valence-corrected chi connectivity index (χ1v) is 9.37. The van der Waals surface area contributed by atoms with Crippen molar-refractivity contribution in [1.82, 2.24) is 15.1 Å². The minimum atomic E-state index is 0. The van der Waals surface area contributed by atoms with Gasteiger partial charge in [-0.25, -0.2) is 0 Å². The van der Waals surface area contributed by atoms with Gasteiger partial charge in [0.15, 0.2) is 5.96 Å².